The molecule has 150 valence electrons. The number of amides is 1. The molecule has 0 aliphatic carbocycles. The normalized spacial score (nSPS) is 12.6. The fourth-order valence-electron chi connectivity index (χ4n) is 2.99. The van der Waals surface area contributed by atoms with Crippen LogP contribution in [0.25, 0.3) is 20.4 Å². The van der Waals surface area contributed by atoms with Gasteiger partial charge in [0.1, 0.15) is 10.7 Å². The van der Waals surface area contributed by atoms with Gasteiger partial charge in [-0.3, -0.25) is 9.59 Å². The van der Waals surface area contributed by atoms with Gasteiger partial charge in [-0.05, 0) is 44.9 Å². The number of hydrogen-bond acceptors (Lipinski definition) is 7. The summed E-state index contributed by atoms with van der Waals surface area (Å²) in [5.41, 5.74) is 2.88. The molecule has 0 saturated heterocycles. The van der Waals surface area contributed by atoms with Crippen LogP contribution in [0.2, 0.25) is 0 Å². The first-order valence-corrected chi connectivity index (χ1v) is 11.8. The summed E-state index contributed by atoms with van der Waals surface area (Å²) in [6, 6.07) is 5.99. The van der Waals surface area contributed by atoms with Crippen molar-refractivity contribution in [2.75, 3.05) is 5.32 Å². The Hall–Kier alpha value is -2.23. The van der Waals surface area contributed by atoms with Crippen molar-refractivity contribution in [1.82, 2.24) is 15.0 Å². The summed E-state index contributed by atoms with van der Waals surface area (Å²) < 4.78 is 1.05. The van der Waals surface area contributed by atoms with E-state index in [1.807, 2.05) is 45.9 Å². The van der Waals surface area contributed by atoms with Gasteiger partial charge in [0.2, 0.25) is 5.91 Å². The molecule has 0 fully saturated rings. The minimum atomic E-state index is -0.309. The maximum absolute atomic E-state index is 12.6. The fourth-order valence-corrected chi connectivity index (χ4v) is 5.74. The summed E-state index contributed by atoms with van der Waals surface area (Å²) in [5.74, 6) is 0.927. The molecule has 1 aromatic carbocycles. The zero-order chi connectivity index (χ0) is 20.7. The molecule has 1 amide bonds. The molecule has 2 N–H and O–H groups in total. The zero-order valence-corrected chi connectivity index (χ0v) is 18.9. The minimum Gasteiger partial charge on any atom is -0.309 e. The third-order valence-corrected chi connectivity index (χ3v) is 7.97. The summed E-state index contributed by atoms with van der Waals surface area (Å²) in [6.07, 6.45) is 0. The van der Waals surface area contributed by atoms with E-state index in [-0.39, 0.29) is 16.7 Å². The first-order chi connectivity index (χ1) is 13.8. The number of carbonyl (C=O) groups is 1. The molecule has 0 spiro atoms. The third-order valence-electron chi connectivity index (χ3n) is 4.78. The monoisotopic (exact) mass is 444 g/mol. The molecule has 1 atom stereocenters. The number of nitrogens with zero attached hydrogens (tertiary/aromatic N) is 2. The molecule has 1 unspecified atom stereocenters. The molecule has 9 heteroatoms. The molecule has 0 bridgehead atoms. The Morgan fingerprint density at radius 2 is 2.03 bits per heavy atom. The average molecular weight is 445 g/mol. The molecule has 6 nitrogen and oxygen atoms in total. The van der Waals surface area contributed by atoms with Crippen molar-refractivity contribution in [3.05, 3.63) is 50.4 Å². The summed E-state index contributed by atoms with van der Waals surface area (Å²) in [4.78, 5) is 38.7. The second-order valence-corrected chi connectivity index (χ2v) is 10.4. The number of fused-ring (bicyclic) bond motifs is 2. The third kappa shape index (κ3) is 3.94. The van der Waals surface area contributed by atoms with Crippen molar-refractivity contribution < 1.29 is 4.79 Å². The number of carbonyl (C=O) groups excluding carboxylic acids is 1. The molecule has 29 heavy (non-hydrogen) atoms. The van der Waals surface area contributed by atoms with Crippen LogP contribution < -0.4 is 10.9 Å². The molecule has 0 aliphatic heterocycles. The van der Waals surface area contributed by atoms with Gasteiger partial charge < -0.3 is 10.3 Å². The molecule has 0 aliphatic rings. The van der Waals surface area contributed by atoms with E-state index in [0.29, 0.717) is 22.1 Å². The number of para-hydroxylation sites is 1. The highest BCUT2D eigenvalue weighted by Crippen LogP contribution is 2.29. The lowest BCUT2D eigenvalue weighted by molar-refractivity contribution is -0.115. The number of anilines is 1. The van der Waals surface area contributed by atoms with Crippen molar-refractivity contribution >= 4 is 65.9 Å². The highest BCUT2D eigenvalue weighted by atomic mass is 32.2. The van der Waals surface area contributed by atoms with Crippen molar-refractivity contribution in [3.63, 3.8) is 0 Å². The van der Waals surface area contributed by atoms with Gasteiger partial charge >= 0.3 is 0 Å². The fraction of sp³-hybridized carbons (Fsp3) is 0.300. The van der Waals surface area contributed by atoms with Crippen LogP contribution in [0.5, 0.6) is 0 Å². The number of H-pyrrole nitrogens is 1. The topological polar surface area (TPSA) is 87.7 Å². The van der Waals surface area contributed by atoms with Crippen LogP contribution in [0.15, 0.2) is 23.0 Å². The number of hydrogen-bond donors (Lipinski definition) is 2. The summed E-state index contributed by atoms with van der Waals surface area (Å²) in [6.45, 7) is 7.78. The lowest BCUT2D eigenvalue weighted by Crippen LogP contribution is -2.23. The quantitative estimate of drug-likeness (QED) is 0.462. The lowest BCUT2D eigenvalue weighted by atomic mass is 10.2. The molecule has 0 saturated carbocycles. The van der Waals surface area contributed by atoms with Crippen LogP contribution in [0.4, 0.5) is 5.13 Å². The Morgan fingerprint density at radius 1 is 1.24 bits per heavy atom. The van der Waals surface area contributed by atoms with Crippen molar-refractivity contribution in [2.24, 2.45) is 0 Å². The van der Waals surface area contributed by atoms with Crippen LogP contribution in [0, 0.1) is 20.8 Å². The number of thiophene rings is 1. The molecule has 4 aromatic rings. The van der Waals surface area contributed by atoms with Gasteiger partial charge in [-0.15, -0.1) is 23.1 Å². The maximum atomic E-state index is 12.6. The molecule has 0 radical (unpaired) electrons. The smallest absolute Gasteiger partial charge is 0.259 e. The van der Waals surface area contributed by atoms with Crippen LogP contribution in [0.3, 0.4) is 0 Å². The molecule has 3 heterocycles. The van der Waals surface area contributed by atoms with Crippen LogP contribution >= 0.6 is 34.4 Å². The second kappa shape index (κ2) is 7.89. The summed E-state index contributed by atoms with van der Waals surface area (Å²) >= 11 is 4.43. The van der Waals surface area contributed by atoms with Gasteiger partial charge in [-0.2, -0.15) is 0 Å². The number of aromatic nitrogens is 3. The zero-order valence-electron chi connectivity index (χ0n) is 16.5. The summed E-state index contributed by atoms with van der Waals surface area (Å²) in [5, 5.41) is 3.86. The molecule has 4 rings (SSSR count). The van der Waals surface area contributed by atoms with Gasteiger partial charge in [0.05, 0.1) is 26.6 Å². The molecule has 3 aromatic heterocycles. The number of nitrogens with one attached hydrogen (secondary N) is 2. The second-order valence-electron chi connectivity index (χ2n) is 6.86. The number of benzene rings is 1. The molecular formula is C20H20N4O2S3. The van der Waals surface area contributed by atoms with Crippen LogP contribution in [0.1, 0.15) is 28.8 Å². The SMILES string of the molecule is Cc1sc2nc(CSC(C)C(=O)Nc3nc4c(C)cccc4s3)[nH]c(=O)c2c1C. The predicted octanol–water partition coefficient (Wildman–Crippen LogP) is 4.78. The Bertz CT molecular complexity index is 1290. The van der Waals surface area contributed by atoms with Gasteiger partial charge in [0.15, 0.2) is 5.13 Å². The van der Waals surface area contributed by atoms with Crippen molar-refractivity contribution in [2.45, 2.75) is 38.7 Å². The number of thioether (sulfide) groups is 1. The molecular weight excluding hydrogens is 424 g/mol. The van der Waals surface area contributed by atoms with Crippen molar-refractivity contribution in [1.29, 1.82) is 0 Å². The average Bonchev–Trinajstić information content (AvgIpc) is 3.21. The first kappa shape index (κ1) is 20.1. The Kier molecular flexibility index (Phi) is 5.46. The largest absolute Gasteiger partial charge is 0.309 e. The minimum absolute atomic E-state index is 0.113. The Balaban J connectivity index is 1.44. The maximum Gasteiger partial charge on any atom is 0.259 e. The highest BCUT2D eigenvalue weighted by Gasteiger charge is 2.18. The number of aryl methyl sites for hydroxylation is 3. The lowest BCUT2D eigenvalue weighted by Gasteiger charge is -2.10. The van der Waals surface area contributed by atoms with Gasteiger partial charge in [-0.25, -0.2) is 9.97 Å². The Labute approximate surface area is 179 Å². The van der Waals surface area contributed by atoms with E-state index in [4.69, 9.17) is 0 Å². The highest BCUT2D eigenvalue weighted by molar-refractivity contribution is 7.99. The van der Waals surface area contributed by atoms with E-state index in [9.17, 15) is 9.59 Å². The predicted molar refractivity (Wildman–Crippen MR) is 123 cm³/mol. The van der Waals surface area contributed by atoms with Gasteiger partial charge in [0, 0.05) is 4.88 Å². The van der Waals surface area contributed by atoms with E-state index in [1.54, 1.807) is 0 Å². The van der Waals surface area contributed by atoms with Crippen molar-refractivity contribution in [3.8, 4) is 0 Å². The van der Waals surface area contributed by atoms with E-state index in [1.165, 1.54) is 34.4 Å². The summed E-state index contributed by atoms with van der Waals surface area (Å²) in [7, 11) is 0. The first-order valence-electron chi connectivity index (χ1n) is 9.11. The van der Waals surface area contributed by atoms with E-state index in [2.05, 4.69) is 20.3 Å². The van der Waals surface area contributed by atoms with E-state index < -0.39 is 0 Å². The Morgan fingerprint density at radius 3 is 2.79 bits per heavy atom. The number of rotatable bonds is 5. The standard InChI is InChI=1S/C20H20N4O2S3/c1-9-6-5-7-13-16(9)23-20(29-13)24-17(25)12(4)27-8-14-21-18(26)15-10(2)11(3)28-19(15)22-14/h5-7,12H,8H2,1-4H3,(H,21,22,26)(H,23,24,25). The van der Waals surface area contributed by atoms with Gasteiger partial charge in [-0.1, -0.05) is 23.5 Å². The number of thiazole rings is 1. The van der Waals surface area contributed by atoms with Crippen LogP contribution in [-0.4, -0.2) is 26.1 Å². The van der Waals surface area contributed by atoms with Gasteiger partial charge in [0.25, 0.3) is 5.56 Å². The van der Waals surface area contributed by atoms with E-state index >= 15 is 0 Å². The number of aromatic amines is 1. The van der Waals surface area contributed by atoms with Crippen LogP contribution in [-0.2, 0) is 10.5 Å². The van der Waals surface area contributed by atoms with E-state index in [0.717, 1.165) is 31.1 Å².